The first-order chi connectivity index (χ1) is 12.5. The van der Waals surface area contributed by atoms with Gasteiger partial charge in [0.15, 0.2) is 4.77 Å². The number of aromatic amines is 1. The van der Waals surface area contributed by atoms with Crippen LogP contribution in [-0.2, 0) is 17.8 Å². The monoisotopic (exact) mass is 386 g/mol. The van der Waals surface area contributed by atoms with E-state index in [1.165, 1.54) is 0 Å². The maximum atomic E-state index is 12.4. The number of hydrogen-bond donors (Lipinski definition) is 2. The zero-order valence-electron chi connectivity index (χ0n) is 14.3. The number of hydrogen-bond acceptors (Lipinski definition) is 3. The first kappa shape index (κ1) is 18.4. The minimum absolute atomic E-state index is 0.115. The first-order valence-electron chi connectivity index (χ1n) is 8.26. The molecule has 7 heteroatoms. The number of H-pyrrole nitrogens is 1. The van der Waals surface area contributed by atoms with Gasteiger partial charge in [0.1, 0.15) is 5.82 Å². The molecule has 0 saturated heterocycles. The molecule has 5 nitrogen and oxygen atoms in total. The lowest BCUT2D eigenvalue weighted by molar-refractivity contribution is -0.121. The third-order valence-electron chi connectivity index (χ3n) is 4.09. The van der Waals surface area contributed by atoms with E-state index in [1.54, 1.807) is 0 Å². The highest BCUT2D eigenvalue weighted by Crippen LogP contribution is 2.16. The van der Waals surface area contributed by atoms with Gasteiger partial charge in [0.25, 0.3) is 0 Å². The normalized spacial score (nSPS) is 11.9. The summed E-state index contributed by atoms with van der Waals surface area (Å²) in [5.74, 6) is 0.496. The van der Waals surface area contributed by atoms with Gasteiger partial charge in [0.2, 0.25) is 5.91 Å². The molecule has 1 aromatic heterocycles. The molecule has 3 aromatic rings. The topological polar surface area (TPSA) is 62.7 Å². The second-order valence-electron chi connectivity index (χ2n) is 6.03. The predicted molar refractivity (Wildman–Crippen MR) is 105 cm³/mol. The molecule has 3 rings (SSSR count). The summed E-state index contributed by atoms with van der Waals surface area (Å²) in [6, 6.07) is 17.2. The lowest BCUT2D eigenvalue weighted by Crippen LogP contribution is -2.29. The highest BCUT2D eigenvalue weighted by molar-refractivity contribution is 7.71. The average molecular weight is 387 g/mol. The van der Waals surface area contributed by atoms with Crippen molar-refractivity contribution in [3.8, 4) is 0 Å². The minimum Gasteiger partial charge on any atom is -0.349 e. The fraction of sp³-hybridized carbons (Fsp3) is 0.211. The van der Waals surface area contributed by atoms with Gasteiger partial charge in [-0.1, -0.05) is 54.1 Å². The quantitative estimate of drug-likeness (QED) is 0.628. The molecule has 0 aliphatic carbocycles. The van der Waals surface area contributed by atoms with Crippen molar-refractivity contribution < 1.29 is 4.79 Å². The highest BCUT2D eigenvalue weighted by atomic mass is 35.5. The Morgan fingerprint density at radius 2 is 1.92 bits per heavy atom. The van der Waals surface area contributed by atoms with Crippen molar-refractivity contribution >= 4 is 29.7 Å². The van der Waals surface area contributed by atoms with Crippen LogP contribution in [0.2, 0.25) is 5.02 Å². The molecule has 0 saturated carbocycles. The van der Waals surface area contributed by atoms with Gasteiger partial charge in [-0.2, -0.15) is 5.10 Å². The number of nitrogens with zero attached hydrogens (tertiary/aromatic N) is 2. The maximum absolute atomic E-state index is 12.4. The number of nitrogens with one attached hydrogen (secondary N) is 2. The molecule has 2 aromatic carbocycles. The van der Waals surface area contributed by atoms with E-state index in [1.807, 2.05) is 66.1 Å². The van der Waals surface area contributed by atoms with Crippen molar-refractivity contribution in [2.24, 2.45) is 0 Å². The lowest BCUT2D eigenvalue weighted by Gasteiger charge is -2.14. The van der Waals surface area contributed by atoms with E-state index in [2.05, 4.69) is 15.5 Å². The van der Waals surface area contributed by atoms with Gasteiger partial charge < -0.3 is 5.32 Å². The van der Waals surface area contributed by atoms with E-state index >= 15 is 0 Å². The fourth-order valence-corrected chi connectivity index (χ4v) is 3.03. The summed E-state index contributed by atoms with van der Waals surface area (Å²) in [7, 11) is 0. The summed E-state index contributed by atoms with van der Waals surface area (Å²) < 4.78 is 2.35. The van der Waals surface area contributed by atoms with E-state index in [0.717, 1.165) is 11.1 Å². The van der Waals surface area contributed by atoms with Gasteiger partial charge in [-0.05, 0) is 42.4 Å². The molecule has 0 aliphatic heterocycles. The highest BCUT2D eigenvalue weighted by Gasteiger charge is 2.14. The third kappa shape index (κ3) is 4.59. The summed E-state index contributed by atoms with van der Waals surface area (Å²) in [5.41, 5.74) is 2.09. The first-order valence-corrected chi connectivity index (χ1v) is 9.04. The summed E-state index contributed by atoms with van der Waals surface area (Å²) in [4.78, 5) is 12.4. The number of benzene rings is 2. The van der Waals surface area contributed by atoms with Gasteiger partial charge in [-0.3, -0.25) is 14.5 Å². The maximum Gasteiger partial charge on any atom is 0.228 e. The number of carbonyl (C=O) groups excluding carboxylic acids is 1. The number of carbonyl (C=O) groups is 1. The fourth-order valence-electron chi connectivity index (χ4n) is 2.69. The van der Waals surface area contributed by atoms with Gasteiger partial charge in [0, 0.05) is 5.02 Å². The molecule has 1 unspecified atom stereocenters. The molecule has 0 fully saturated rings. The summed E-state index contributed by atoms with van der Waals surface area (Å²) >= 11 is 11.2. The van der Waals surface area contributed by atoms with Crippen LogP contribution in [0.1, 0.15) is 29.9 Å². The van der Waals surface area contributed by atoms with Crippen LogP contribution in [-0.4, -0.2) is 20.7 Å². The average Bonchev–Trinajstić information content (AvgIpc) is 2.96. The molecule has 0 aliphatic rings. The van der Waals surface area contributed by atoms with E-state index in [-0.39, 0.29) is 18.4 Å². The Labute approximate surface area is 162 Å². The lowest BCUT2D eigenvalue weighted by atomic mass is 10.1. The Bertz CT molecular complexity index is 934. The molecule has 1 heterocycles. The molecule has 0 bridgehead atoms. The molecule has 134 valence electrons. The van der Waals surface area contributed by atoms with Crippen molar-refractivity contribution in [3.05, 3.63) is 81.3 Å². The Hall–Kier alpha value is -2.44. The zero-order chi connectivity index (χ0) is 18.5. The molecular formula is C19H19ClN4OS. The Morgan fingerprint density at radius 1 is 1.23 bits per heavy atom. The third-order valence-corrected chi connectivity index (χ3v) is 4.65. The molecule has 1 atom stereocenters. The van der Waals surface area contributed by atoms with Crippen molar-refractivity contribution in [2.45, 2.75) is 25.9 Å². The van der Waals surface area contributed by atoms with E-state index in [0.29, 0.717) is 22.2 Å². The molecule has 1 amide bonds. The van der Waals surface area contributed by atoms with E-state index < -0.39 is 0 Å². The van der Waals surface area contributed by atoms with Crippen molar-refractivity contribution in [2.75, 3.05) is 0 Å². The van der Waals surface area contributed by atoms with Gasteiger partial charge >= 0.3 is 0 Å². The van der Waals surface area contributed by atoms with Crippen LogP contribution >= 0.6 is 23.8 Å². The van der Waals surface area contributed by atoms with Gasteiger partial charge in [-0.25, -0.2) is 0 Å². The van der Waals surface area contributed by atoms with Crippen LogP contribution in [0.4, 0.5) is 0 Å². The van der Waals surface area contributed by atoms with Crippen LogP contribution in [0.5, 0.6) is 0 Å². The predicted octanol–water partition coefficient (Wildman–Crippen LogP) is 4.06. The summed E-state index contributed by atoms with van der Waals surface area (Å²) in [6.45, 7) is 2.51. The number of amides is 1. The number of aromatic nitrogens is 3. The smallest absolute Gasteiger partial charge is 0.228 e. The molecule has 0 radical (unpaired) electrons. The molecule has 2 N–H and O–H groups in total. The van der Waals surface area contributed by atoms with Crippen molar-refractivity contribution in [1.29, 1.82) is 0 Å². The second-order valence-corrected chi connectivity index (χ2v) is 6.86. The van der Waals surface area contributed by atoms with Crippen molar-refractivity contribution in [3.63, 3.8) is 0 Å². The van der Waals surface area contributed by atoms with Crippen LogP contribution in [0, 0.1) is 4.77 Å². The Kier molecular flexibility index (Phi) is 5.85. The van der Waals surface area contributed by atoms with E-state index in [4.69, 9.17) is 23.8 Å². The van der Waals surface area contributed by atoms with E-state index in [9.17, 15) is 4.79 Å². The minimum atomic E-state index is -0.121. The second kappa shape index (κ2) is 8.29. The van der Waals surface area contributed by atoms with Crippen LogP contribution < -0.4 is 5.32 Å². The molecule has 0 spiro atoms. The summed E-state index contributed by atoms with van der Waals surface area (Å²) in [6.07, 6.45) is 0.151. The zero-order valence-corrected chi connectivity index (χ0v) is 15.8. The standard InChI is InChI=1S/C19H19ClN4OS/c1-13(15-7-9-16(20)10-8-15)21-18(25)11-17-22-23-19(26)24(17)12-14-5-3-2-4-6-14/h2-10,13H,11-12H2,1H3,(H,21,25)(H,23,26). The Morgan fingerprint density at radius 3 is 2.62 bits per heavy atom. The van der Waals surface area contributed by atoms with Crippen molar-refractivity contribution in [1.82, 2.24) is 20.1 Å². The SMILES string of the molecule is CC(NC(=O)Cc1n[nH]c(=S)n1Cc1ccccc1)c1ccc(Cl)cc1. The Balaban J connectivity index is 1.68. The molecular weight excluding hydrogens is 368 g/mol. The largest absolute Gasteiger partial charge is 0.349 e. The van der Waals surface area contributed by atoms with Gasteiger partial charge in [-0.15, -0.1) is 0 Å². The van der Waals surface area contributed by atoms with Gasteiger partial charge in [0.05, 0.1) is 19.0 Å². The molecule has 26 heavy (non-hydrogen) atoms. The van der Waals surface area contributed by atoms with Crippen LogP contribution in [0.15, 0.2) is 54.6 Å². The number of halogens is 1. The summed E-state index contributed by atoms with van der Waals surface area (Å²) in [5, 5.41) is 10.6. The number of rotatable bonds is 6. The van der Waals surface area contributed by atoms with Crippen LogP contribution in [0.3, 0.4) is 0 Å². The van der Waals surface area contributed by atoms with Crippen LogP contribution in [0.25, 0.3) is 0 Å².